The summed E-state index contributed by atoms with van der Waals surface area (Å²) in [5.41, 5.74) is 1.12. The maximum absolute atomic E-state index is 12.8. The lowest BCUT2D eigenvalue weighted by Gasteiger charge is -2.29. The molecule has 1 amide bonds. The topological polar surface area (TPSA) is 122 Å². The minimum atomic E-state index is -0.148. The first kappa shape index (κ1) is 20.9. The molecule has 11 heteroatoms. The van der Waals surface area contributed by atoms with Crippen LogP contribution in [0.1, 0.15) is 42.1 Å². The molecule has 0 atom stereocenters. The summed E-state index contributed by atoms with van der Waals surface area (Å²) in [6, 6.07) is 8.56. The zero-order chi connectivity index (χ0) is 22.9. The van der Waals surface area contributed by atoms with E-state index in [1.165, 1.54) is 21.8 Å². The van der Waals surface area contributed by atoms with Crippen molar-refractivity contribution in [1.82, 2.24) is 39.6 Å². The highest BCUT2D eigenvalue weighted by Gasteiger charge is 2.25. The predicted octanol–water partition coefficient (Wildman–Crippen LogP) is 1.63. The fourth-order valence-corrected chi connectivity index (χ4v) is 4.42. The number of fused-ring (bicyclic) bond motifs is 1. The molecule has 0 aliphatic heterocycles. The standard InChI is InChI=1S/C22H24N8O3/c1-28-22(33-2)17-8-3-14(11-18(17)26-28)21(32)25-15-4-6-16(7-5-15)30-20(31)10-9-19(27-30)29-13-23-12-24-29/h3,8-13,15-16H,4-7H2,1-2H3,(H,25,32). The van der Waals surface area contributed by atoms with Crippen LogP contribution in [-0.4, -0.2) is 53.4 Å². The van der Waals surface area contributed by atoms with Gasteiger partial charge in [-0.3, -0.25) is 9.59 Å². The van der Waals surface area contributed by atoms with Crippen LogP contribution in [0.15, 0.2) is 47.8 Å². The number of benzene rings is 1. The van der Waals surface area contributed by atoms with Crippen molar-refractivity contribution < 1.29 is 9.53 Å². The van der Waals surface area contributed by atoms with E-state index in [1.54, 1.807) is 43.4 Å². The first-order valence-electron chi connectivity index (χ1n) is 10.8. The van der Waals surface area contributed by atoms with E-state index in [0.29, 0.717) is 22.8 Å². The second-order valence-electron chi connectivity index (χ2n) is 8.16. The van der Waals surface area contributed by atoms with Gasteiger partial charge in [0.15, 0.2) is 5.82 Å². The summed E-state index contributed by atoms with van der Waals surface area (Å²) in [6.07, 6.45) is 5.98. The van der Waals surface area contributed by atoms with Gasteiger partial charge in [-0.2, -0.15) is 10.2 Å². The maximum Gasteiger partial charge on any atom is 0.267 e. The molecule has 3 heterocycles. The molecular formula is C22H24N8O3. The molecule has 3 aromatic heterocycles. The number of nitrogens with one attached hydrogen (secondary N) is 1. The summed E-state index contributed by atoms with van der Waals surface area (Å²) in [5.74, 6) is 1.07. The molecule has 0 saturated heterocycles. The van der Waals surface area contributed by atoms with Crippen LogP contribution < -0.4 is 15.6 Å². The van der Waals surface area contributed by atoms with E-state index in [9.17, 15) is 9.59 Å². The van der Waals surface area contributed by atoms with Crippen molar-refractivity contribution >= 4 is 16.8 Å². The van der Waals surface area contributed by atoms with Crippen molar-refractivity contribution in [2.75, 3.05) is 7.11 Å². The lowest BCUT2D eigenvalue weighted by atomic mass is 9.91. The highest BCUT2D eigenvalue weighted by atomic mass is 16.5. The average Bonchev–Trinajstić information content (AvgIpc) is 3.46. The normalized spacial score (nSPS) is 18.4. The Morgan fingerprint density at radius 3 is 2.67 bits per heavy atom. The monoisotopic (exact) mass is 448 g/mol. The van der Waals surface area contributed by atoms with Gasteiger partial charge in [-0.1, -0.05) is 0 Å². The van der Waals surface area contributed by atoms with Crippen LogP contribution >= 0.6 is 0 Å². The maximum atomic E-state index is 12.8. The van der Waals surface area contributed by atoms with Gasteiger partial charge < -0.3 is 10.1 Å². The summed E-state index contributed by atoms with van der Waals surface area (Å²) in [7, 11) is 3.40. The lowest BCUT2D eigenvalue weighted by molar-refractivity contribution is 0.0921. The van der Waals surface area contributed by atoms with Crippen molar-refractivity contribution in [3.05, 3.63) is 58.9 Å². The number of ether oxygens (including phenoxy) is 1. The van der Waals surface area contributed by atoms with Gasteiger partial charge in [-0.15, -0.1) is 5.10 Å². The Hall–Kier alpha value is -4.02. The number of aromatic nitrogens is 7. The van der Waals surface area contributed by atoms with Crippen molar-refractivity contribution in [1.29, 1.82) is 0 Å². The molecule has 33 heavy (non-hydrogen) atoms. The summed E-state index contributed by atoms with van der Waals surface area (Å²) in [6.45, 7) is 0. The molecule has 4 aromatic rings. The molecule has 1 N–H and O–H groups in total. The molecule has 1 aliphatic rings. The molecule has 0 unspecified atom stereocenters. The van der Waals surface area contributed by atoms with Crippen LogP contribution in [0, 0.1) is 0 Å². The van der Waals surface area contributed by atoms with Gasteiger partial charge in [-0.25, -0.2) is 19.0 Å². The Kier molecular flexibility index (Phi) is 5.37. The third-order valence-corrected chi connectivity index (χ3v) is 6.08. The predicted molar refractivity (Wildman–Crippen MR) is 119 cm³/mol. The van der Waals surface area contributed by atoms with Crippen molar-refractivity contribution in [3.8, 4) is 11.7 Å². The quantitative estimate of drug-likeness (QED) is 0.492. The summed E-state index contributed by atoms with van der Waals surface area (Å²) in [4.78, 5) is 29.2. The third kappa shape index (κ3) is 3.97. The Bertz CT molecular complexity index is 1350. The molecule has 170 valence electrons. The largest absolute Gasteiger partial charge is 0.481 e. The third-order valence-electron chi connectivity index (χ3n) is 6.08. The zero-order valence-corrected chi connectivity index (χ0v) is 18.4. The van der Waals surface area contributed by atoms with Gasteiger partial charge in [0.05, 0.1) is 24.1 Å². The number of carbonyl (C=O) groups excluding carboxylic acids is 1. The van der Waals surface area contributed by atoms with Gasteiger partial charge in [0.2, 0.25) is 5.88 Å². The van der Waals surface area contributed by atoms with E-state index in [4.69, 9.17) is 4.74 Å². The number of aryl methyl sites for hydroxylation is 1. The highest BCUT2D eigenvalue weighted by Crippen LogP contribution is 2.28. The van der Waals surface area contributed by atoms with Crippen molar-refractivity contribution in [2.45, 2.75) is 37.8 Å². The van der Waals surface area contributed by atoms with Gasteiger partial charge in [0, 0.05) is 24.7 Å². The van der Waals surface area contributed by atoms with Gasteiger partial charge in [0.1, 0.15) is 12.7 Å². The molecule has 0 radical (unpaired) electrons. The SMILES string of the molecule is COc1c2ccc(C(=O)NC3CCC(n4nc(-n5cncn5)ccc4=O)CC3)cc2nn1C. The number of nitrogens with zero attached hydrogens (tertiary/aromatic N) is 7. The van der Waals surface area contributed by atoms with Crippen LogP contribution in [0.4, 0.5) is 0 Å². The Labute approximate surface area is 189 Å². The Balaban J connectivity index is 1.25. The smallest absolute Gasteiger partial charge is 0.267 e. The Morgan fingerprint density at radius 2 is 1.94 bits per heavy atom. The van der Waals surface area contributed by atoms with E-state index >= 15 is 0 Å². The second-order valence-corrected chi connectivity index (χ2v) is 8.16. The molecule has 1 aliphatic carbocycles. The molecule has 1 aromatic carbocycles. The number of amides is 1. The number of hydrogen-bond donors (Lipinski definition) is 1. The van der Waals surface area contributed by atoms with Gasteiger partial charge in [0.25, 0.3) is 11.5 Å². The second kappa shape index (κ2) is 8.49. The van der Waals surface area contributed by atoms with Crippen LogP contribution in [0.25, 0.3) is 16.7 Å². The van der Waals surface area contributed by atoms with Crippen LogP contribution in [0.3, 0.4) is 0 Å². The van der Waals surface area contributed by atoms with Crippen LogP contribution in [0.5, 0.6) is 5.88 Å². The van der Waals surface area contributed by atoms with E-state index in [-0.39, 0.29) is 23.6 Å². The van der Waals surface area contributed by atoms with Gasteiger partial charge in [-0.05, 0) is 49.9 Å². The van der Waals surface area contributed by atoms with E-state index in [1.807, 2.05) is 6.07 Å². The molecule has 11 nitrogen and oxygen atoms in total. The molecular weight excluding hydrogens is 424 g/mol. The fraction of sp³-hybridized carbons (Fsp3) is 0.364. The number of hydrogen-bond acceptors (Lipinski definition) is 7. The molecule has 5 rings (SSSR count). The zero-order valence-electron chi connectivity index (χ0n) is 18.4. The summed E-state index contributed by atoms with van der Waals surface area (Å²) in [5, 5.41) is 16.9. The van der Waals surface area contributed by atoms with E-state index in [0.717, 1.165) is 31.1 Å². The summed E-state index contributed by atoms with van der Waals surface area (Å²) < 4.78 is 10.1. The average molecular weight is 448 g/mol. The van der Waals surface area contributed by atoms with E-state index < -0.39 is 0 Å². The first-order chi connectivity index (χ1) is 16.0. The number of carbonyl (C=O) groups is 1. The minimum absolute atomic E-state index is 0.0218. The number of methoxy groups -OCH3 is 1. The molecule has 0 spiro atoms. The molecule has 1 fully saturated rings. The first-order valence-corrected chi connectivity index (χ1v) is 10.8. The summed E-state index contributed by atoms with van der Waals surface area (Å²) >= 11 is 0. The van der Waals surface area contributed by atoms with Gasteiger partial charge >= 0.3 is 0 Å². The number of rotatable bonds is 5. The van der Waals surface area contributed by atoms with Crippen molar-refractivity contribution in [3.63, 3.8) is 0 Å². The van der Waals surface area contributed by atoms with Crippen LogP contribution in [0.2, 0.25) is 0 Å². The molecule has 0 bridgehead atoms. The minimum Gasteiger partial charge on any atom is -0.481 e. The van der Waals surface area contributed by atoms with Crippen LogP contribution in [-0.2, 0) is 7.05 Å². The van der Waals surface area contributed by atoms with Crippen molar-refractivity contribution in [2.24, 2.45) is 7.05 Å². The molecule has 1 saturated carbocycles. The Morgan fingerprint density at radius 1 is 1.12 bits per heavy atom. The van der Waals surface area contributed by atoms with E-state index in [2.05, 4.69) is 25.6 Å². The lowest BCUT2D eigenvalue weighted by Crippen LogP contribution is -2.39. The fourth-order valence-electron chi connectivity index (χ4n) is 4.42. The highest BCUT2D eigenvalue weighted by molar-refractivity contribution is 5.98.